The topological polar surface area (TPSA) is 47.0 Å². The van der Waals surface area contributed by atoms with Gasteiger partial charge in [0.1, 0.15) is 11.6 Å². The van der Waals surface area contributed by atoms with Gasteiger partial charge in [0.25, 0.3) is 0 Å². The van der Waals surface area contributed by atoms with Crippen LogP contribution in [0.3, 0.4) is 0 Å². The predicted molar refractivity (Wildman–Crippen MR) is 212 cm³/mol. The second-order valence-corrected chi connectivity index (χ2v) is 15.3. The number of carbonyl (C=O) groups is 2. The zero-order valence-electron chi connectivity index (χ0n) is 29.7. The molecule has 1 heterocycles. The number of hydrogen-bond donors (Lipinski definition) is 0. The Balaban J connectivity index is 0.000000434. The average molecular weight is 979 g/mol. The van der Waals surface area contributed by atoms with Gasteiger partial charge < -0.3 is 4.98 Å². The first kappa shape index (κ1) is 42.2. The molecule has 3 nitrogen and oxygen atoms in total. The second kappa shape index (κ2) is 22.6. The van der Waals surface area contributed by atoms with Crippen LogP contribution in [-0.2, 0) is 35.1 Å². The maximum Gasteiger partial charge on any atom is 0.140 e. The molecular formula is C44H52Br2IrNO2-. The molecule has 0 N–H and O–H groups in total. The number of pyridine rings is 1. The first-order chi connectivity index (χ1) is 23.8. The van der Waals surface area contributed by atoms with Gasteiger partial charge in [-0.1, -0.05) is 134 Å². The van der Waals surface area contributed by atoms with Crippen molar-refractivity contribution >= 4 is 43.4 Å². The van der Waals surface area contributed by atoms with Crippen molar-refractivity contribution in [3.63, 3.8) is 0 Å². The van der Waals surface area contributed by atoms with Gasteiger partial charge in [0, 0.05) is 47.1 Å². The molecule has 0 atom stereocenters. The Kier molecular flexibility index (Phi) is 19.1. The molecular weight excluding hydrogens is 927 g/mol. The fourth-order valence-corrected chi connectivity index (χ4v) is 7.93. The number of nitrogens with zero attached hydrogens (tertiary/aromatic N) is 1. The molecule has 1 aliphatic carbocycles. The van der Waals surface area contributed by atoms with E-state index in [1.807, 2.05) is 42.5 Å². The quantitative estimate of drug-likeness (QED) is 0.0534. The maximum absolute atomic E-state index is 11.7. The molecule has 1 aromatic heterocycles. The standard InChI is InChI=1S/C33H44Br2O2.C11H8N.Ir/c1-3-4-5-13-20-33(21-14-11-9-7-6-8-10-12-15-28(37)22-25(2)36)31-23-26(34)16-18-29(31)30-19-17-27(35)24-32(30)33;1-2-6-10(7-3-1)11-8-4-5-9-12-11;/h16-19,23-24H,3-15,20-22H2,1-2H3;1-6,8-9H;/q;-1;. The molecule has 0 fully saturated rings. The molecule has 6 heteroatoms. The first-order valence-corrected chi connectivity index (χ1v) is 19.9. The van der Waals surface area contributed by atoms with Crippen LogP contribution < -0.4 is 0 Å². The van der Waals surface area contributed by atoms with Crippen molar-refractivity contribution in [1.29, 1.82) is 0 Å². The summed E-state index contributed by atoms with van der Waals surface area (Å²) in [5, 5.41) is 0. The smallest absolute Gasteiger partial charge is 0.140 e. The second-order valence-electron chi connectivity index (χ2n) is 13.5. The van der Waals surface area contributed by atoms with Crippen LogP contribution in [0, 0.1) is 6.07 Å². The Morgan fingerprint density at radius 3 is 1.78 bits per heavy atom. The Morgan fingerprint density at radius 2 is 1.26 bits per heavy atom. The number of carbonyl (C=O) groups excluding carboxylic acids is 2. The van der Waals surface area contributed by atoms with Crippen LogP contribution in [0.5, 0.6) is 0 Å². The summed E-state index contributed by atoms with van der Waals surface area (Å²) in [7, 11) is 0. The Hall–Kier alpha value is -2.24. The van der Waals surface area contributed by atoms with E-state index < -0.39 is 0 Å². The number of unbranched alkanes of at least 4 members (excludes halogenated alkanes) is 10. The Bertz CT molecular complexity index is 1520. The zero-order chi connectivity index (χ0) is 34.9. The van der Waals surface area contributed by atoms with Crippen LogP contribution in [0.25, 0.3) is 22.4 Å². The summed E-state index contributed by atoms with van der Waals surface area (Å²) in [6.07, 6.45) is 19.6. The van der Waals surface area contributed by atoms with Crippen molar-refractivity contribution in [3.8, 4) is 22.4 Å². The minimum Gasteiger partial charge on any atom is -0.305 e. The number of aromatic nitrogens is 1. The van der Waals surface area contributed by atoms with E-state index >= 15 is 0 Å². The van der Waals surface area contributed by atoms with Crippen molar-refractivity contribution in [2.75, 3.05) is 0 Å². The van der Waals surface area contributed by atoms with E-state index in [2.05, 4.69) is 86.2 Å². The van der Waals surface area contributed by atoms with E-state index in [4.69, 9.17) is 0 Å². The minimum absolute atomic E-state index is 0. The summed E-state index contributed by atoms with van der Waals surface area (Å²) >= 11 is 7.54. The van der Waals surface area contributed by atoms with Crippen LogP contribution >= 0.6 is 31.9 Å². The van der Waals surface area contributed by atoms with Crippen LogP contribution in [-0.4, -0.2) is 16.6 Å². The fraction of sp³-hybridized carbons (Fsp3) is 0.432. The number of benzene rings is 3. The van der Waals surface area contributed by atoms with E-state index in [1.54, 1.807) is 6.20 Å². The van der Waals surface area contributed by atoms with Gasteiger partial charge >= 0.3 is 0 Å². The number of halogens is 2. The van der Waals surface area contributed by atoms with Crippen LogP contribution in [0.15, 0.2) is 94.0 Å². The number of rotatable bonds is 19. The van der Waals surface area contributed by atoms with Crippen LogP contribution in [0.2, 0.25) is 0 Å². The van der Waals surface area contributed by atoms with Crippen molar-refractivity contribution in [2.24, 2.45) is 0 Å². The summed E-state index contributed by atoms with van der Waals surface area (Å²) in [6.45, 7) is 3.78. The monoisotopic (exact) mass is 977 g/mol. The first-order valence-electron chi connectivity index (χ1n) is 18.3. The molecule has 4 aromatic rings. The summed E-state index contributed by atoms with van der Waals surface area (Å²) in [6, 6.07) is 30.6. The molecule has 50 heavy (non-hydrogen) atoms. The Labute approximate surface area is 331 Å². The van der Waals surface area contributed by atoms with E-state index in [-0.39, 0.29) is 43.5 Å². The third-order valence-electron chi connectivity index (χ3n) is 9.65. The summed E-state index contributed by atoms with van der Waals surface area (Å²) in [4.78, 5) is 26.9. The SMILES string of the molecule is CCCCCCC1(CCCCCCCCCCC(=O)CC(C)=O)c2cc(Br)ccc2-c2ccc(Br)cc21.[Ir].[c-]1ccccc1-c1ccccn1. The largest absolute Gasteiger partial charge is 0.305 e. The molecule has 0 saturated heterocycles. The number of ketones is 2. The van der Waals surface area contributed by atoms with Crippen molar-refractivity contribution in [2.45, 2.75) is 122 Å². The fourth-order valence-electron chi connectivity index (χ4n) is 7.21. The molecule has 3 aromatic carbocycles. The molecule has 0 unspecified atom stereocenters. The number of fused-ring (bicyclic) bond motifs is 3. The third kappa shape index (κ3) is 12.8. The van der Waals surface area contributed by atoms with Gasteiger partial charge in [-0.05, 0) is 84.5 Å². The maximum atomic E-state index is 11.7. The van der Waals surface area contributed by atoms with Crippen molar-refractivity contribution < 1.29 is 29.7 Å². The van der Waals surface area contributed by atoms with Gasteiger partial charge in [-0.15, -0.1) is 35.9 Å². The van der Waals surface area contributed by atoms with Gasteiger partial charge in [-0.25, -0.2) is 0 Å². The predicted octanol–water partition coefficient (Wildman–Crippen LogP) is 13.4. The molecule has 0 spiro atoms. The summed E-state index contributed by atoms with van der Waals surface area (Å²) in [5.74, 6) is 0.0860. The number of hydrogen-bond acceptors (Lipinski definition) is 3. The van der Waals surface area contributed by atoms with Crippen LogP contribution in [0.1, 0.15) is 128 Å². The molecule has 1 radical (unpaired) electrons. The molecule has 1 aliphatic rings. The molecule has 0 aliphatic heterocycles. The molecule has 0 bridgehead atoms. The minimum atomic E-state index is -0.0161. The normalized spacial score (nSPS) is 12.2. The molecule has 0 amide bonds. The van der Waals surface area contributed by atoms with Gasteiger partial charge in [-0.2, -0.15) is 0 Å². The zero-order valence-corrected chi connectivity index (χ0v) is 35.3. The van der Waals surface area contributed by atoms with Gasteiger partial charge in [0.2, 0.25) is 0 Å². The third-order valence-corrected chi connectivity index (χ3v) is 10.6. The average Bonchev–Trinajstić information content (AvgIpc) is 3.36. The van der Waals surface area contributed by atoms with Gasteiger partial charge in [-0.3, -0.25) is 9.59 Å². The van der Waals surface area contributed by atoms with Gasteiger partial charge in [0.15, 0.2) is 0 Å². The molecule has 0 saturated carbocycles. The molecule has 269 valence electrons. The number of Topliss-reactive ketones (excluding diaryl/α,β-unsaturated/α-hetero) is 2. The van der Waals surface area contributed by atoms with E-state index in [0.717, 1.165) is 24.1 Å². The van der Waals surface area contributed by atoms with E-state index in [9.17, 15) is 9.59 Å². The Morgan fingerprint density at radius 1 is 0.700 bits per heavy atom. The van der Waals surface area contributed by atoms with Gasteiger partial charge in [0.05, 0.1) is 6.42 Å². The van der Waals surface area contributed by atoms with E-state index in [0.29, 0.717) is 6.42 Å². The van der Waals surface area contributed by atoms with Crippen molar-refractivity contribution in [1.82, 2.24) is 4.98 Å². The molecule has 5 rings (SSSR count). The van der Waals surface area contributed by atoms with Crippen molar-refractivity contribution in [3.05, 3.63) is 111 Å². The summed E-state index contributed by atoms with van der Waals surface area (Å²) < 4.78 is 2.36. The van der Waals surface area contributed by atoms with E-state index in [1.165, 1.54) is 115 Å². The van der Waals surface area contributed by atoms with Crippen LogP contribution in [0.4, 0.5) is 0 Å². The summed E-state index contributed by atoms with van der Waals surface area (Å²) in [5.41, 5.74) is 8.00.